The second kappa shape index (κ2) is 17.9. The predicted octanol–water partition coefficient (Wildman–Crippen LogP) is 4.76. The van der Waals surface area contributed by atoms with Crippen LogP contribution in [0.25, 0.3) is 0 Å². The van der Waals surface area contributed by atoms with Crippen molar-refractivity contribution in [2.45, 2.75) is 115 Å². The average molecular weight is 775 g/mol. The summed E-state index contributed by atoms with van der Waals surface area (Å²) in [7, 11) is -5.94. The number of para-hydroxylation sites is 1. The molecule has 53 heavy (non-hydrogen) atoms. The molecule has 292 valence electrons. The van der Waals surface area contributed by atoms with E-state index in [2.05, 4.69) is 76.0 Å². The summed E-state index contributed by atoms with van der Waals surface area (Å²) in [5.41, 5.74) is 0.630. The number of aliphatic hydroxyl groups excluding tert-OH is 1. The van der Waals surface area contributed by atoms with Crippen LogP contribution in [-0.2, 0) is 36.7 Å². The van der Waals surface area contributed by atoms with Crippen molar-refractivity contribution in [1.29, 1.82) is 5.26 Å². The molecule has 2 fully saturated rings. The van der Waals surface area contributed by atoms with Gasteiger partial charge in [0.25, 0.3) is 5.91 Å². The Kier molecular flexibility index (Phi) is 13.9. The number of rotatable bonds is 15. The number of guanidine groups is 1. The molecule has 1 aromatic carbocycles. The smallest absolute Gasteiger partial charge is 0.335 e. The first kappa shape index (κ1) is 40.9. The predicted molar refractivity (Wildman–Crippen MR) is 197 cm³/mol. The molecule has 3 N–H and O–H groups in total. The molecule has 0 aliphatic carbocycles. The maximum Gasteiger partial charge on any atom is 0.335 e. The molecule has 1 amide bonds. The van der Waals surface area contributed by atoms with Gasteiger partial charge in [-0.2, -0.15) is 10.3 Å². The quantitative estimate of drug-likeness (QED) is 0.128. The lowest BCUT2D eigenvalue weighted by atomic mass is 10.1. The van der Waals surface area contributed by atoms with Crippen molar-refractivity contribution in [3.05, 3.63) is 42.4 Å². The molecule has 18 heteroatoms. The standard InChI is InChI=1S/C35H54N6O10Si2/c1-22(2)52(23(3)4)48-17-27-30(50-53(51-52,24(5)6)25(7)8)31(47-21-45-20-44-16-12-15-36)34(49-27)41-19-37-29-32(41)39-35(40-33(29)43)38-28(42)18-46-26-13-10-9-11-14-26/h9-11,13-14,19,22-25,27,30-31,33-34,43H,12,16-18,20-21H2,1-8H3,(H2,38,39,40,42)/t27-,30?,31+,33?,34-/m1/s1. The van der Waals surface area contributed by atoms with Crippen molar-refractivity contribution in [2.24, 2.45) is 4.99 Å². The molecular weight excluding hydrogens is 721 g/mol. The highest BCUT2D eigenvalue weighted by molar-refractivity contribution is 6.84. The first-order valence-electron chi connectivity index (χ1n) is 18.2. The van der Waals surface area contributed by atoms with E-state index in [0.29, 0.717) is 5.75 Å². The number of fused-ring (bicyclic) bond motifs is 2. The first-order valence-corrected chi connectivity index (χ1v) is 22.2. The van der Waals surface area contributed by atoms with Gasteiger partial charge in [0.1, 0.15) is 43.3 Å². The molecule has 5 rings (SSSR count). The summed E-state index contributed by atoms with van der Waals surface area (Å²) in [6.45, 7) is 17.1. The molecule has 2 unspecified atom stereocenters. The van der Waals surface area contributed by atoms with Crippen LogP contribution in [0.2, 0.25) is 22.2 Å². The Morgan fingerprint density at radius 1 is 1.06 bits per heavy atom. The number of aliphatic hydroxyl groups is 1. The van der Waals surface area contributed by atoms with Crippen molar-refractivity contribution in [3.8, 4) is 11.8 Å². The summed E-state index contributed by atoms with van der Waals surface area (Å²) >= 11 is 0. The first-order chi connectivity index (χ1) is 25.3. The van der Waals surface area contributed by atoms with E-state index in [0.717, 1.165) is 0 Å². The number of imidazole rings is 1. The Balaban J connectivity index is 1.47. The SMILES string of the molecule is CC(C)[Si]1(C(C)C)OC[C@H]2O[C@@H](n3cnc4c3N=C(NC(=O)COc3ccccc3)NC4O)[C@@H](OCOCOCCC#N)C2O[Si](C(C)C)(C(C)C)O1. The van der Waals surface area contributed by atoms with Crippen LogP contribution in [0.4, 0.5) is 5.82 Å². The molecule has 5 atom stereocenters. The van der Waals surface area contributed by atoms with E-state index in [1.54, 1.807) is 16.7 Å². The van der Waals surface area contributed by atoms with Crippen LogP contribution in [0, 0.1) is 11.3 Å². The maximum atomic E-state index is 12.8. The van der Waals surface area contributed by atoms with E-state index in [1.165, 1.54) is 6.33 Å². The summed E-state index contributed by atoms with van der Waals surface area (Å²) in [4.78, 5) is 21.9. The third-order valence-electron chi connectivity index (χ3n) is 9.68. The molecule has 0 saturated carbocycles. The van der Waals surface area contributed by atoms with Crippen molar-refractivity contribution in [2.75, 3.05) is 33.4 Å². The number of nitrogens with one attached hydrogen (secondary N) is 2. The van der Waals surface area contributed by atoms with Gasteiger partial charge in [-0.1, -0.05) is 73.6 Å². The van der Waals surface area contributed by atoms with Gasteiger partial charge >= 0.3 is 17.1 Å². The van der Waals surface area contributed by atoms with Gasteiger partial charge in [0.05, 0.1) is 32.0 Å². The normalized spacial score (nSPS) is 24.9. The van der Waals surface area contributed by atoms with Crippen LogP contribution in [0.1, 0.15) is 80.0 Å². The van der Waals surface area contributed by atoms with Crippen LogP contribution >= 0.6 is 0 Å². The molecule has 2 saturated heterocycles. The number of hydrogen-bond acceptors (Lipinski definition) is 14. The molecule has 4 heterocycles. The largest absolute Gasteiger partial charge is 0.484 e. The third-order valence-corrected chi connectivity index (χ3v) is 19.9. The van der Waals surface area contributed by atoms with Crippen molar-refractivity contribution < 1.29 is 46.6 Å². The molecular formula is C35H54N6O10Si2. The van der Waals surface area contributed by atoms with Gasteiger partial charge in [-0.05, 0) is 34.3 Å². The number of nitriles is 1. The molecule has 0 radical (unpaired) electrons. The molecule has 0 bridgehead atoms. The minimum atomic E-state index is -3.08. The Labute approximate surface area is 313 Å². The summed E-state index contributed by atoms with van der Waals surface area (Å²) in [6.07, 6.45) is -2.38. The molecule has 3 aliphatic heterocycles. The Bertz CT molecular complexity index is 1570. The zero-order valence-corrected chi connectivity index (χ0v) is 33.8. The highest BCUT2D eigenvalue weighted by atomic mass is 28.5. The fourth-order valence-electron chi connectivity index (χ4n) is 7.02. The number of carbonyl (C=O) groups is 1. The molecule has 2 aromatic rings. The zero-order chi connectivity index (χ0) is 38.3. The van der Waals surface area contributed by atoms with E-state index >= 15 is 0 Å². The number of ether oxygens (including phenoxy) is 5. The summed E-state index contributed by atoms with van der Waals surface area (Å²) in [5.74, 6) is 0.323. The molecule has 16 nitrogen and oxygen atoms in total. The van der Waals surface area contributed by atoms with Gasteiger partial charge < -0.3 is 47.1 Å². The van der Waals surface area contributed by atoms with Crippen molar-refractivity contribution >= 4 is 34.8 Å². The van der Waals surface area contributed by atoms with E-state index in [4.69, 9.17) is 41.9 Å². The monoisotopic (exact) mass is 774 g/mol. The minimum absolute atomic E-state index is 0.0106. The van der Waals surface area contributed by atoms with Crippen LogP contribution in [0.15, 0.2) is 41.7 Å². The fraction of sp³-hybridized carbons (Fsp3) is 0.657. The fourth-order valence-corrected chi connectivity index (χ4v) is 18.2. The zero-order valence-electron chi connectivity index (χ0n) is 31.8. The number of aromatic nitrogens is 2. The number of hydrogen-bond donors (Lipinski definition) is 3. The van der Waals surface area contributed by atoms with E-state index in [9.17, 15) is 9.90 Å². The summed E-state index contributed by atoms with van der Waals surface area (Å²) in [5, 5.41) is 25.3. The van der Waals surface area contributed by atoms with Crippen molar-refractivity contribution in [3.63, 3.8) is 0 Å². The van der Waals surface area contributed by atoms with Crippen LogP contribution in [-0.4, -0.2) is 95.4 Å². The summed E-state index contributed by atoms with van der Waals surface area (Å²) in [6, 6.07) is 11.0. The average Bonchev–Trinajstić information content (AvgIpc) is 3.67. The second-order valence-electron chi connectivity index (χ2n) is 14.5. The number of amides is 1. The lowest BCUT2D eigenvalue weighted by Gasteiger charge is -2.51. The Morgan fingerprint density at radius 2 is 1.75 bits per heavy atom. The topological polar surface area (TPSA) is 189 Å². The van der Waals surface area contributed by atoms with Gasteiger partial charge in [-0.25, -0.2) is 4.98 Å². The number of benzene rings is 1. The highest BCUT2D eigenvalue weighted by Gasteiger charge is 2.62. The Morgan fingerprint density at radius 3 is 2.42 bits per heavy atom. The van der Waals surface area contributed by atoms with Crippen LogP contribution in [0.3, 0.4) is 0 Å². The third kappa shape index (κ3) is 9.02. The van der Waals surface area contributed by atoms with E-state index < -0.39 is 53.8 Å². The maximum absolute atomic E-state index is 12.8. The van der Waals surface area contributed by atoms with E-state index in [1.807, 2.05) is 24.3 Å². The van der Waals surface area contributed by atoms with Gasteiger partial charge in [0, 0.05) is 0 Å². The second-order valence-corrected chi connectivity index (χ2v) is 23.4. The van der Waals surface area contributed by atoms with Gasteiger partial charge in [0.2, 0.25) is 5.96 Å². The number of aliphatic imine (C=N–C) groups is 1. The van der Waals surface area contributed by atoms with E-state index in [-0.39, 0.29) is 79.5 Å². The summed E-state index contributed by atoms with van der Waals surface area (Å²) < 4.78 is 53.2. The minimum Gasteiger partial charge on any atom is -0.484 e. The Hall–Kier alpha value is -3.23. The van der Waals surface area contributed by atoms with Gasteiger partial charge in [-0.3, -0.25) is 14.7 Å². The van der Waals surface area contributed by atoms with Crippen LogP contribution < -0.4 is 15.4 Å². The molecule has 1 aromatic heterocycles. The van der Waals surface area contributed by atoms with Crippen molar-refractivity contribution in [1.82, 2.24) is 20.2 Å². The molecule has 0 spiro atoms. The molecule has 3 aliphatic rings. The lowest BCUT2D eigenvalue weighted by Crippen LogP contribution is -2.66. The highest BCUT2D eigenvalue weighted by Crippen LogP contribution is 2.49. The van der Waals surface area contributed by atoms with Crippen LogP contribution in [0.5, 0.6) is 5.75 Å². The van der Waals surface area contributed by atoms with Gasteiger partial charge in [0.15, 0.2) is 24.9 Å². The van der Waals surface area contributed by atoms with Gasteiger partial charge in [-0.15, -0.1) is 0 Å². The number of nitrogens with zero attached hydrogens (tertiary/aromatic N) is 4. The number of carbonyl (C=O) groups excluding carboxylic acids is 1. The lowest BCUT2D eigenvalue weighted by molar-refractivity contribution is -0.174.